The molecule has 0 bridgehead atoms. The molecule has 27 heavy (non-hydrogen) atoms. The molecule has 6 heteroatoms. The Morgan fingerprint density at radius 1 is 1.04 bits per heavy atom. The molecule has 4 rings (SSSR count). The lowest BCUT2D eigenvalue weighted by atomic mass is 10.1. The van der Waals surface area contributed by atoms with Gasteiger partial charge in [0, 0.05) is 31.0 Å². The quantitative estimate of drug-likeness (QED) is 0.732. The van der Waals surface area contributed by atoms with Gasteiger partial charge in [-0.1, -0.05) is 36.4 Å². The Bertz CT molecular complexity index is 896. The lowest BCUT2D eigenvalue weighted by molar-refractivity contribution is 0.0624. The van der Waals surface area contributed by atoms with Crippen molar-refractivity contribution in [2.24, 2.45) is 0 Å². The van der Waals surface area contributed by atoms with Gasteiger partial charge in [0.1, 0.15) is 12.4 Å². The molecular weight excluding hydrogens is 340 g/mol. The third kappa shape index (κ3) is 4.23. The second kappa shape index (κ2) is 7.86. The number of likely N-dealkylation sites (tertiary alicyclic amines) is 1. The van der Waals surface area contributed by atoms with Crippen LogP contribution in [0.2, 0.25) is 0 Å². The van der Waals surface area contributed by atoms with E-state index in [4.69, 9.17) is 4.74 Å². The summed E-state index contributed by atoms with van der Waals surface area (Å²) in [6, 6.07) is 19.2. The summed E-state index contributed by atoms with van der Waals surface area (Å²) in [4.78, 5) is 22.8. The molecule has 0 saturated carbocycles. The Hall–Kier alpha value is -3.41. The summed E-state index contributed by atoms with van der Waals surface area (Å²) in [6.45, 7) is 1.74. The van der Waals surface area contributed by atoms with E-state index in [0.717, 1.165) is 5.56 Å². The van der Waals surface area contributed by atoms with Crippen LogP contribution >= 0.6 is 0 Å². The number of hydrogen-bond donors (Lipinski definition) is 1. The van der Waals surface area contributed by atoms with Gasteiger partial charge in [-0.2, -0.15) is 0 Å². The highest BCUT2D eigenvalue weighted by molar-refractivity contribution is 5.95. The zero-order valence-electron chi connectivity index (χ0n) is 14.8. The highest BCUT2D eigenvalue weighted by atomic mass is 16.5. The summed E-state index contributed by atoms with van der Waals surface area (Å²) in [7, 11) is 0. The number of nitrogens with zero attached hydrogens (tertiary/aromatic N) is 3. The van der Waals surface area contributed by atoms with Gasteiger partial charge in [-0.15, -0.1) is 0 Å². The number of anilines is 1. The van der Waals surface area contributed by atoms with Gasteiger partial charge >= 0.3 is 0 Å². The van der Waals surface area contributed by atoms with Gasteiger partial charge < -0.3 is 15.0 Å². The molecule has 1 aliphatic heterocycles. The maximum Gasteiger partial charge on any atom is 0.254 e. The third-order valence-electron chi connectivity index (χ3n) is 4.40. The molecule has 3 aromatic rings. The Morgan fingerprint density at radius 3 is 2.59 bits per heavy atom. The first kappa shape index (κ1) is 17.0. The molecule has 1 aliphatic rings. The molecule has 6 nitrogen and oxygen atoms in total. The molecule has 0 atom stereocenters. The SMILES string of the molecule is O=C(c1cccc(OCc2ccccc2)c1)N1CC(Nc2ncccn2)C1. The molecular formula is C21H20N4O2. The fourth-order valence-corrected chi connectivity index (χ4v) is 2.93. The minimum atomic E-state index is 0.00666. The minimum Gasteiger partial charge on any atom is -0.489 e. The number of aromatic nitrogens is 2. The number of ether oxygens (including phenoxy) is 1. The van der Waals surface area contributed by atoms with E-state index in [2.05, 4.69) is 15.3 Å². The Kier molecular flexibility index (Phi) is 4.96. The van der Waals surface area contributed by atoms with Gasteiger partial charge in [0.25, 0.3) is 5.91 Å². The van der Waals surface area contributed by atoms with E-state index in [9.17, 15) is 4.79 Å². The maximum absolute atomic E-state index is 12.7. The highest BCUT2D eigenvalue weighted by Crippen LogP contribution is 2.20. The molecule has 0 unspecified atom stereocenters. The van der Waals surface area contributed by atoms with E-state index in [1.54, 1.807) is 29.4 Å². The normalized spacial score (nSPS) is 13.7. The fraction of sp³-hybridized carbons (Fsp3) is 0.190. The minimum absolute atomic E-state index is 0.00666. The first-order chi connectivity index (χ1) is 13.3. The zero-order chi connectivity index (χ0) is 18.5. The monoisotopic (exact) mass is 360 g/mol. The molecule has 2 aromatic carbocycles. The van der Waals surface area contributed by atoms with Crippen LogP contribution in [0, 0.1) is 0 Å². The molecule has 1 amide bonds. The van der Waals surface area contributed by atoms with E-state index >= 15 is 0 Å². The van der Waals surface area contributed by atoms with Crippen molar-refractivity contribution in [3.63, 3.8) is 0 Å². The Labute approximate surface area is 157 Å². The smallest absolute Gasteiger partial charge is 0.254 e. The summed E-state index contributed by atoms with van der Waals surface area (Å²) < 4.78 is 5.81. The number of carbonyl (C=O) groups excluding carboxylic acids is 1. The van der Waals surface area contributed by atoms with Crippen LogP contribution in [0.1, 0.15) is 15.9 Å². The standard InChI is InChI=1S/C21H20N4O2/c26-20(25-13-18(14-25)24-21-22-10-5-11-23-21)17-8-4-9-19(12-17)27-15-16-6-2-1-3-7-16/h1-12,18H,13-15H2,(H,22,23,24). The first-order valence-corrected chi connectivity index (χ1v) is 8.87. The molecule has 2 heterocycles. The number of carbonyl (C=O) groups is 1. The Morgan fingerprint density at radius 2 is 1.81 bits per heavy atom. The van der Waals surface area contributed by atoms with Crippen molar-refractivity contribution in [1.82, 2.24) is 14.9 Å². The Balaban J connectivity index is 1.32. The van der Waals surface area contributed by atoms with Gasteiger partial charge in [0.2, 0.25) is 5.95 Å². The molecule has 0 spiro atoms. The predicted molar refractivity (Wildman–Crippen MR) is 103 cm³/mol. The van der Waals surface area contributed by atoms with Crippen molar-refractivity contribution in [2.75, 3.05) is 18.4 Å². The summed E-state index contributed by atoms with van der Waals surface area (Å²) >= 11 is 0. The van der Waals surface area contributed by atoms with Crippen molar-refractivity contribution >= 4 is 11.9 Å². The van der Waals surface area contributed by atoms with Crippen LogP contribution in [0.25, 0.3) is 0 Å². The average Bonchev–Trinajstić information content (AvgIpc) is 2.70. The van der Waals surface area contributed by atoms with Gasteiger partial charge in [-0.25, -0.2) is 9.97 Å². The molecule has 1 fully saturated rings. The van der Waals surface area contributed by atoms with Crippen molar-refractivity contribution in [3.8, 4) is 5.75 Å². The lowest BCUT2D eigenvalue weighted by Crippen LogP contribution is -2.57. The number of amides is 1. The topological polar surface area (TPSA) is 67.3 Å². The summed E-state index contributed by atoms with van der Waals surface area (Å²) in [6.07, 6.45) is 3.38. The number of nitrogens with one attached hydrogen (secondary N) is 1. The van der Waals surface area contributed by atoms with Crippen LogP contribution in [-0.4, -0.2) is 39.9 Å². The molecule has 1 saturated heterocycles. The zero-order valence-corrected chi connectivity index (χ0v) is 14.8. The van der Waals surface area contributed by atoms with Crippen LogP contribution in [0.15, 0.2) is 73.1 Å². The first-order valence-electron chi connectivity index (χ1n) is 8.87. The van der Waals surface area contributed by atoms with E-state index in [-0.39, 0.29) is 11.9 Å². The van der Waals surface area contributed by atoms with Gasteiger partial charge in [0.15, 0.2) is 0 Å². The number of benzene rings is 2. The van der Waals surface area contributed by atoms with Crippen LogP contribution in [-0.2, 0) is 6.61 Å². The lowest BCUT2D eigenvalue weighted by Gasteiger charge is -2.39. The molecule has 0 aliphatic carbocycles. The van der Waals surface area contributed by atoms with Gasteiger partial charge in [0.05, 0.1) is 6.04 Å². The third-order valence-corrected chi connectivity index (χ3v) is 4.40. The fourth-order valence-electron chi connectivity index (χ4n) is 2.93. The van der Waals surface area contributed by atoms with Crippen LogP contribution < -0.4 is 10.1 Å². The molecule has 0 radical (unpaired) electrons. The summed E-state index contributed by atoms with van der Waals surface area (Å²) in [5.74, 6) is 1.29. The second-order valence-corrected chi connectivity index (χ2v) is 6.43. The summed E-state index contributed by atoms with van der Waals surface area (Å²) in [5.41, 5.74) is 1.73. The largest absolute Gasteiger partial charge is 0.489 e. The van der Waals surface area contributed by atoms with Gasteiger partial charge in [-0.3, -0.25) is 4.79 Å². The number of rotatable bonds is 6. The van der Waals surface area contributed by atoms with E-state index in [1.165, 1.54) is 0 Å². The van der Waals surface area contributed by atoms with E-state index < -0.39 is 0 Å². The van der Waals surface area contributed by atoms with Crippen molar-refractivity contribution < 1.29 is 9.53 Å². The van der Waals surface area contributed by atoms with Crippen molar-refractivity contribution in [3.05, 3.63) is 84.2 Å². The van der Waals surface area contributed by atoms with Crippen molar-refractivity contribution in [2.45, 2.75) is 12.6 Å². The predicted octanol–water partition coefficient (Wildman–Crippen LogP) is 2.99. The van der Waals surface area contributed by atoms with Crippen LogP contribution in [0.4, 0.5) is 5.95 Å². The molecule has 136 valence electrons. The van der Waals surface area contributed by atoms with Crippen LogP contribution in [0.5, 0.6) is 5.75 Å². The second-order valence-electron chi connectivity index (χ2n) is 6.43. The summed E-state index contributed by atoms with van der Waals surface area (Å²) in [5, 5.41) is 3.22. The number of hydrogen-bond acceptors (Lipinski definition) is 5. The van der Waals surface area contributed by atoms with Gasteiger partial charge in [-0.05, 0) is 29.8 Å². The maximum atomic E-state index is 12.7. The van der Waals surface area contributed by atoms with E-state index in [1.807, 2.05) is 48.5 Å². The van der Waals surface area contributed by atoms with E-state index in [0.29, 0.717) is 37.0 Å². The molecule has 1 aromatic heterocycles. The average molecular weight is 360 g/mol. The highest BCUT2D eigenvalue weighted by Gasteiger charge is 2.31. The molecule has 1 N–H and O–H groups in total. The van der Waals surface area contributed by atoms with Crippen molar-refractivity contribution in [1.29, 1.82) is 0 Å². The van der Waals surface area contributed by atoms with Crippen LogP contribution in [0.3, 0.4) is 0 Å².